The Bertz CT molecular complexity index is 1120. The number of anilines is 1. The fourth-order valence-electron chi connectivity index (χ4n) is 3.59. The third-order valence-corrected chi connectivity index (χ3v) is 6.72. The molecule has 1 aromatic carbocycles. The number of halogens is 4. The fraction of sp³-hybridized carbons (Fsp3) is 0.318. The lowest BCUT2D eigenvalue weighted by Gasteiger charge is -2.24. The van der Waals surface area contributed by atoms with E-state index in [0.717, 1.165) is 22.8 Å². The standard InChI is InChI=1S/C22H20ClF3N4OS/c1-14-18(32-20(28-14)15-6-3-2-4-7-15)21(31)30-9-5-8-29(10-11-30)19-17(23)12-16(13-27-19)22(24,25)26/h2-4,6-7,12-13H,5,8-11H2,1H3. The quantitative estimate of drug-likeness (QED) is 0.494. The number of pyridine rings is 1. The molecule has 5 nitrogen and oxygen atoms in total. The number of hydrogen-bond acceptors (Lipinski definition) is 5. The minimum Gasteiger partial charge on any atom is -0.354 e. The van der Waals surface area contributed by atoms with Crippen molar-refractivity contribution < 1.29 is 18.0 Å². The van der Waals surface area contributed by atoms with Gasteiger partial charge in [-0.3, -0.25) is 4.79 Å². The summed E-state index contributed by atoms with van der Waals surface area (Å²) in [6.07, 6.45) is -3.06. The molecule has 0 spiro atoms. The molecule has 1 amide bonds. The molecule has 0 saturated carbocycles. The number of amides is 1. The van der Waals surface area contributed by atoms with Gasteiger partial charge in [0, 0.05) is 37.9 Å². The third kappa shape index (κ3) is 4.73. The van der Waals surface area contributed by atoms with Crippen molar-refractivity contribution in [2.75, 3.05) is 31.1 Å². The van der Waals surface area contributed by atoms with E-state index in [-0.39, 0.29) is 10.9 Å². The van der Waals surface area contributed by atoms with E-state index in [1.54, 1.807) is 4.90 Å². The smallest absolute Gasteiger partial charge is 0.354 e. The first-order valence-electron chi connectivity index (χ1n) is 10.0. The van der Waals surface area contributed by atoms with Gasteiger partial charge < -0.3 is 9.80 Å². The van der Waals surface area contributed by atoms with Crippen molar-refractivity contribution in [1.82, 2.24) is 14.9 Å². The first-order chi connectivity index (χ1) is 15.2. The molecule has 0 N–H and O–H groups in total. The van der Waals surface area contributed by atoms with Gasteiger partial charge >= 0.3 is 6.18 Å². The van der Waals surface area contributed by atoms with E-state index in [1.807, 2.05) is 42.2 Å². The summed E-state index contributed by atoms with van der Waals surface area (Å²) in [6, 6.07) is 10.6. The first-order valence-corrected chi connectivity index (χ1v) is 11.2. The Morgan fingerprint density at radius 3 is 2.56 bits per heavy atom. The topological polar surface area (TPSA) is 49.3 Å². The van der Waals surface area contributed by atoms with Gasteiger partial charge in [-0.1, -0.05) is 41.9 Å². The van der Waals surface area contributed by atoms with Gasteiger partial charge in [0.2, 0.25) is 0 Å². The minimum absolute atomic E-state index is 0.0506. The zero-order valence-electron chi connectivity index (χ0n) is 17.2. The lowest BCUT2D eigenvalue weighted by Crippen LogP contribution is -2.35. The molecular formula is C22H20ClF3N4OS. The number of carbonyl (C=O) groups is 1. The molecule has 168 valence electrons. The van der Waals surface area contributed by atoms with Gasteiger partial charge in [0.1, 0.15) is 15.7 Å². The summed E-state index contributed by atoms with van der Waals surface area (Å²) in [6.45, 7) is 3.74. The highest BCUT2D eigenvalue weighted by Gasteiger charge is 2.32. The summed E-state index contributed by atoms with van der Waals surface area (Å²) in [5, 5.41) is 0.744. The van der Waals surface area contributed by atoms with Crippen molar-refractivity contribution in [2.45, 2.75) is 19.5 Å². The second-order valence-corrected chi connectivity index (χ2v) is 8.87. The maximum absolute atomic E-state index is 13.2. The predicted molar refractivity (Wildman–Crippen MR) is 119 cm³/mol. The fourth-order valence-corrected chi connectivity index (χ4v) is 4.92. The van der Waals surface area contributed by atoms with E-state index in [1.165, 1.54) is 11.3 Å². The molecule has 0 radical (unpaired) electrons. The number of benzene rings is 1. The molecule has 1 aliphatic rings. The summed E-state index contributed by atoms with van der Waals surface area (Å²) in [5.41, 5.74) is 0.768. The van der Waals surface area contributed by atoms with E-state index < -0.39 is 11.7 Å². The van der Waals surface area contributed by atoms with Crippen LogP contribution in [0, 0.1) is 6.92 Å². The van der Waals surface area contributed by atoms with Crippen molar-refractivity contribution in [3.05, 3.63) is 63.8 Å². The van der Waals surface area contributed by atoms with Crippen LogP contribution in [-0.2, 0) is 6.18 Å². The zero-order valence-corrected chi connectivity index (χ0v) is 18.8. The maximum atomic E-state index is 13.2. The second kappa shape index (κ2) is 9.07. The summed E-state index contributed by atoms with van der Waals surface area (Å²) in [4.78, 5) is 25.9. The van der Waals surface area contributed by atoms with E-state index in [4.69, 9.17) is 11.6 Å². The number of nitrogens with zero attached hydrogens (tertiary/aromatic N) is 4. The van der Waals surface area contributed by atoms with Crippen LogP contribution < -0.4 is 4.90 Å². The van der Waals surface area contributed by atoms with Gasteiger partial charge in [-0.15, -0.1) is 11.3 Å². The normalized spacial score (nSPS) is 15.0. The molecule has 0 aliphatic carbocycles. The van der Waals surface area contributed by atoms with Crippen molar-refractivity contribution in [3.8, 4) is 10.6 Å². The van der Waals surface area contributed by atoms with Crippen molar-refractivity contribution in [3.63, 3.8) is 0 Å². The number of aromatic nitrogens is 2. The Labute approximate surface area is 192 Å². The van der Waals surface area contributed by atoms with Crippen LogP contribution in [0.4, 0.5) is 19.0 Å². The van der Waals surface area contributed by atoms with E-state index in [0.29, 0.717) is 49.0 Å². The Hall–Kier alpha value is -2.65. The first kappa shape index (κ1) is 22.5. The molecule has 1 fully saturated rings. The summed E-state index contributed by atoms with van der Waals surface area (Å²) >= 11 is 7.48. The summed E-state index contributed by atoms with van der Waals surface area (Å²) in [5.74, 6) is 0.213. The molecule has 0 bridgehead atoms. The highest BCUT2D eigenvalue weighted by atomic mass is 35.5. The van der Waals surface area contributed by atoms with Crippen molar-refractivity contribution >= 4 is 34.7 Å². The van der Waals surface area contributed by atoms with Crippen LogP contribution in [0.5, 0.6) is 0 Å². The minimum atomic E-state index is -4.50. The summed E-state index contributed by atoms with van der Waals surface area (Å²) < 4.78 is 38.7. The average Bonchev–Trinajstić information content (AvgIpc) is 2.99. The molecule has 1 aliphatic heterocycles. The van der Waals surface area contributed by atoms with Crippen LogP contribution >= 0.6 is 22.9 Å². The molecular weight excluding hydrogens is 461 g/mol. The van der Waals surface area contributed by atoms with Crippen LogP contribution in [0.1, 0.15) is 27.3 Å². The molecule has 0 atom stereocenters. The molecule has 1 saturated heterocycles. The number of carbonyl (C=O) groups excluding carboxylic acids is 1. The largest absolute Gasteiger partial charge is 0.417 e. The van der Waals surface area contributed by atoms with Gasteiger partial charge in [0.05, 0.1) is 16.3 Å². The van der Waals surface area contributed by atoms with E-state index in [2.05, 4.69) is 9.97 Å². The maximum Gasteiger partial charge on any atom is 0.417 e. The number of aryl methyl sites for hydroxylation is 1. The van der Waals surface area contributed by atoms with Crippen molar-refractivity contribution in [1.29, 1.82) is 0 Å². The number of rotatable bonds is 3. The predicted octanol–water partition coefficient (Wildman–Crippen LogP) is 5.54. The second-order valence-electron chi connectivity index (χ2n) is 7.46. The number of hydrogen-bond donors (Lipinski definition) is 0. The van der Waals surface area contributed by atoms with Gasteiger partial charge in [0.15, 0.2) is 0 Å². The van der Waals surface area contributed by atoms with Gasteiger partial charge in [0.25, 0.3) is 5.91 Å². The van der Waals surface area contributed by atoms with Gasteiger partial charge in [-0.05, 0) is 19.4 Å². The molecule has 3 aromatic rings. The Kier molecular flexibility index (Phi) is 6.39. The highest BCUT2D eigenvalue weighted by Crippen LogP contribution is 2.34. The van der Waals surface area contributed by atoms with Crippen LogP contribution in [0.3, 0.4) is 0 Å². The molecule has 4 rings (SSSR count). The molecule has 2 aromatic heterocycles. The number of alkyl halides is 3. The van der Waals surface area contributed by atoms with E-state index >= 15 is 0 Å². The molecule has 32 heavy (non-hydrogen) atoms. The lowest BCUT2D eigenvalue weighted by atomic mass is 10.2. The van der Waals surface area contributed by atoms with Gasteiger partial charge in [-0.25, -0.2) is 9.97 Å². The Morgan fingerprint density at radius 2 is 1.88 bits per heavy atom. The monoisotopic (exact) mass is 480 g/mol. The van der Waals surface area contributed by atoms with Crippen LogP contribution in [0.25, 0.3) is 10.6 Å². The zero-order chi connectivity index (χ0) is 22.9. The molecule has 0 unspecified atom stereocenters. The SMILES string of the molecule is Cc1nc(-c2ccccc2)sc1C(=O)N1CCCN(c2ncc(C(F)(F)F)cc2Cl)CC1. The van der Waals surface area contributed by atoms with Crippen LogP contribution in [0.15, 0.2) is 42.6 Å². The molecule has 10 heteroatoms. The Balaban J connectivity index is 1.48. The highest BCUT2D eigenvalue weighted by molar-refractivity contribution is 7.17. The van der Waals surface area contributed by atoms with Crippen LogP contribution in [-0.4, -0.2) is 47.0 Å². The Morgan fingerprint density at radius 1 is 1.12 bits per heavy atom. The third-order valence-electron chi connectivity index (χ3n) is 5.24. The van der Waals surface area contributed by atoms with E-state index in [9.17, 15) is 18.0 Å². The lowest BCUT2D eigenvalue weighted by molar-refractivity contribution is -0.137. The molecule has 3 heterocycles. The summed E-state index contributed by atoms with van der Waals surface area (Å²) in [7, 11) is 0. The number of thiazole rings is 1. The van der Waals surface area contributed by atoms with Crippen LogP contribution in [0.2, 0.25) is 5.02 Å². The average molecular weight is 481 g/mol. The van der Waals surface area contributed by atoms with Crippen molar-refractivity contribution in [2.24, 2.45) is 0 Å². The van der Waals surface area contributed by atoms with Gasteiger partial charge in [-0.2, -0.15) is 13.2 Å².